The van der Waals surface area contributed by atoms with Gasteiger partial charge in [0.25, 0.3) is 0 Å². The number of hydrogen-bond acceptors (Lipinski definition) is 3. The van der Waals surface area contributed by atoms with Crippen LogP contribution in [-0.4, -0.2) is 31.1 Å². The van der Waals surface area contributed by atoms with Gasteiger partial charge in [0.1, 0.15) is 12.4 Å². The molecule has 24 heavy (non-hydrogen) atoms. The molecule has 0 amide bonds. The molecular formula is C21H24N2O. The molecule has 2 aromatic rings. The molecule has 0 radical (unpaired) electrons. The molecule has 0 aliphatic carbocycles. The minimum Gasteiger partial charge on any atom is -0.492 e. The predicted molar refractivity (Wildman–Crippen MR) is 99.7 cm³/mol. The molecule has 0 fully saturated rings. The smallest absolute Gasteiger partial charge is 0.119 e. The van der Waals surface area contributed by atoms with Crippen molar-refractivity contribution < 1.29 is 4.74 Å². The van der Waals surface area contributed by atoms with E-state index in [0.29, 0.717) is 12.2 Å². The SMILES string of the molecule is CCN(CC)CCOc1ccc(/C(C#N)=C/c2ccccc2)cc1. The van der Waals surface area contributed by atoms with E-state index in [1.165, 1.54) is 0 Å². The third kappa shape index (κ3) is 5.26. The molecule has 0 aliphatic rings. The van der Waals surface area contributed by atoms with Crippen LogP contribution in [0.4, 0.5) is 0 Å². The molecule has 0 heterocycles. The summed E-state index contributed by atoms with van der Waals surface area (Å²) in [5.74, 6) is 0.836. The second kappa shape index (κ2) is 9.54. The zero-order chi connectivity index (χ0) is 17.2. The van der Waals surface area contributed by atoms with Gasteiger partial charge in [-0.2, -0.15) is 5.26 Å². The summed E-state index contributed by atoms with van der Waals surface area (Å²) in [5, 5.41) is 9.41. The summed E-state index contributed by atoms with van der Waals surface area (Å²) >= 11 is 0. The first kappa shape index (κ1) is 17.8. The van der Waals surface area contributed by atoms with Crippen LogP contribution in [0.5, 0.6) is 5.75 Å². The van der Waals surface area contributed by atoms with E-state index in [1.54, 1.807) is 0 Å². The number of ether oxygens (including phenoxy) is 1. The van der Waals surface area contributed by atoms with Crippen molar-refractivity contribution >= 4 is 11.6 Å². The summed E-state index contributed by atoms with van der Waals surface area (Å²) in [7, 11) is 0. The summed E-state index contributed by atoms with van der Waals surface area (Å²) in [4.78, 5) is 2.32. The lowest BCUT2D eigenvalue weighted by Crippen LogP contribution is -2.27. The van der Waals surface area contributed by atoms with Gasteiger partial charge in [0.15, 0.2) is 0 Å². The van der Waals surface area contributed by atoms with E-state index in [9.17, 15) is 5.26 Å². The third-order valence-electron chi connectivity index (χ3n) is 3.97. The molecule has 0 bridgehead atoms. The zero-order valence-electron chi connectivity index (χ0n) is 14.4. The molecule has 124 valence electrons. The quantitative estimate of drug-likeness (QED) is 0.532. The van der Waals surface area contributed by atoms with Crippen LogP contribution in [-0.2, 0) is 0 Å². The zero-order valence-corrected chi connectivity index (χ0v) is 14.4. The first-order chi connectivity index (χ1) is 11.8. The van der Waals surface area contributed by atoms with Gasteiger partial charge in [0.05, 0.1) is 11.6 Å². The number of nitrogens with zero attached hydrogens (tertiary/aromatic N) is 2. The average molecular weight is 320 g/mol. The van der Waals surface area contributed by atoms with Gasteiger partial charge in [0.2, 0.25) is 0 Å². The normalized spacial score (nSPS) is 11.3. The van der Waals surface area contributed by atoms with Crippen LogP contribution in [0, 0.1) is 11.3 Å². The Labute approximate surface area is 144 Å². The van der Waals surface area contributed by atoms with Crippen molar-refractivity contribution in [3.63, 3.8) is 0 Å². The van der Waals surface area contributed by atoms with E-state index in [-0.39, 0.29) is 0 Å². The number of rotatable bonds is 8. The van der Waals surface area contributed by atoms with Gasteiger partial charge in [-0.3, -0.25) is 0 Å². The summed E-state index contributed by atoms with van der Waals surface area (Å²) in [6.07, 6.45) is 1.90. The predicted octanol–water partition coefficient (Wildman–Crippen LogP) is 4.47. The van der Waals surface area contributed by atoms with Crippen molar-refractivity contribution in [2.45, 2.75) is 13.8 Å². The van der Waals surface area contributed by atoms with E-state index in [4.69, 9.17) is 4.74 Å². The second-order valence-electron chi connectivity index (χ2n) is 5.48. The lowest BCUT2D eigenvalue weighted by molar-refractivity contribution is 0.223. The summed E-state index contributed by atoms with van der Waals surface area (Å²) in [5.41, 5.74) is 2.57. The van der Waals surface area contributed by atoms with Crippen molar-refractivity contribution in [1.29, 1.82) is 5.26 Å². The molecule has 0 aromatic heterocycles. The number of hydrogen-bond donors (Lipinski definition) is 0. The van der Waals surface area contributed by atoms with Gasteiger partial charge in [-0.05, 0) is 54.6 Å². The highest BCUT2D eigenvalue weighted by Crippen LogP contribution is 2.20. The Morgan fingerprint density at radius 2 is 1.71 bits per heavy atom. The maximum Gasteiger partial charge on any atom is 0.119 e. The Bertz CT molecular complexity index is 680. The molecule has 0 unspecified atom stereocenters. The number of benzene rings is 2. The van der Waals surface area contributed by atoms with Crippen LogP contribution >= 0.6 is 0 Å². The lowest BCUT2D eigenvalue weighted by atomic mass is 10.0. The van der Waals surface area contributed by atoms with E-state index in [2.05, 4.69) is 24.8 Å². The van der Waals surface area contributed by atoms with Gasteiger partial charge in [-0.25, -0.2) is 0 Å². The van der Waals surface area contributed by atoms with Gasteiger partial charge >= 0.3 is 0 Å². The molecule has 0 atom stereocenters. The molecule has 0 aliphatic heterocycles. The average Bonchev–Trinajstić information content (AvgIpc) is 2.65. The molecular weight excluding hydrogens is 296 g/mol. The minimum absolute atomic E-state index is 0.649. The van der Waals surface area contributed by atoms with Crippen molar-refractivity contribution in [2.24, 2.45) is 0 Å². The fourth-order valence-electron chi connectivity index (χ4n) is 2.46. The Hall–Kier alpha value is -2.57. The maximum absolute atomic E-state index is 9.41. The van der Waals surface area contributed by atoms with E-state index in [1.807, 2.05) is 60.7 Å². The molecule has 2 aromatic carbocycles. The summed E-state index contributed by atoms with van der Waals surface area (Å²) < 4.78 is 5.78. The highest BCUT2D eigenvalue weighted by Gasteiger charge is 2.03. The van der Waals surface area contributed by atoms with Crippen molar-refractivity contribution in [3.8, 4) is 11.8 Å². The maximum atomic E-state index is 9.41. The standard InChI is InChI=1S/C21H24N2O/c1-3-23(4-2)14-15-24-21-12-10-19(11-13-21)20(17-22)16-18-8-6-5-7-9-18/h5-13,16H,3-4,14-15H2,1-2H3/b20-16+. The monoisotopic (exact) mass is 320 g/mol. The van der Waals surface area contributed by atoms with Gasteiger partial charge in [-0.1, -0.05) is 44.2 Å². The summed E-state index contributed by atoms with van der Waals surface area (Å²) in [6.45, 7) is 7.98. The van der Waals surface area contributed by atoms with E-state index < -0.39 is 0 Å². The van der Waals surface area contributed by atoms with Gasteiger partial charge < -0.3 is 9.64 Å². The lowest BCUT2D eigenvalue weighted by Gasteiger charge is -2.18. The number of allylic oxidation sites excluding steroid dienone is 1. The molecule has 0 N–H and O–H groups in total. The van der Waals surface area contributed by atoms with E-state index >= 15 is 0 Å². The van der Waals surface area contributed by atoms with Crippen LogP contribution < -0.4 is 4.74 Å². The highest BCUT2D eigenvalue weighted by molar-refractivity contribution is 5.89. The van der Waals surface area contributed by atoms with Crippen LogP contribution in [0.15, 0.2) is 54.6 Å². The Morgan fingerprint density at radius 1 is 1.04 bits per heavy atom. The van der Waals surface area contributed by atoms with E-state index in [0.717, 1.165) is 36.5 Å². The molecule has 0 spiro atoms. The highest BCUT2D eigenvalue weighted by atomic mass is 16.5. The molecule has 0 saturated carbocycles. The Balaban J connectivity index is 2.00. The third-order valence-corrected chi connectivity index (χ3v) is 3.97. The van der Waals surface area contributed by atoms with Crippen LogP contribution in [0.1, 0.15) is 25.0 Å². The largest absolute Gasteiger partial charge is 0.492 e. The fraction of sp³-hybridized carbons (Fsp3) is 0.286. The fourth-order valence-corrected chi connectivity index (χ4v) is 2.46. The Kier molecular flexibility index (Phi) is 7.07. The van der Waals surface area contributed by atoms with Gasteiger partial charge in [0, 0.05) is 6.54 Å². The van der Waals surface area contributed by atoms with Crippen LogP contribution in [0.2, 0.25) is 0 Å². The second-order valence-corrected chi connectivity index (χ2v) is 5.48. The van der Waals surface area contributed by atoms with Crippen molar-refractivity contribution in [3.05, 3.63) is 65.7 Å². The molecule has 0 saturated heterocycles. The first-order valence-corrected chi connectivity index (χ1v) is 8.39. The first-order valence-electron chi connectivity index (χ1n) is 8.39. The minimum atomic E-state index is 0.649. The summed E-state index contributed by atoms with van der Waals surface area (Å²) in [6, 6.07) is 19.9. The number of likely N-dealkylation sites (N-methyl/N-ethyl adjacent to an activating group) is 1. The van der Waals surface area contributed by atoms with Crippen LogP contribution in [0.25, 0.3) is 11.6 Å². The molecule has 2 rings (SSSR count). The Morgan fingerprint density at radius 3 is 2.29 bits per heavy atom. The van der Waals surface area contributed by atoms with Gasteiger partial charge in [-0.15, -0.1) is 0 Å². The number of nitriles is 1. The van der Waals surface area contributed by atoms with Crippen molar-refractivity contribution in [2.75, 3.05) is 26.2 Å². The van der Waals surface area contributed by atoms with Crippen molar-refractivity contribution in [1.82, 2.24) is 4.90 Å². The molecule has 3 nitrogen and oxygen atoms in total. The molecule has 3 heteroatoms. The topological polar surface area (TPSA) is 36.3 Å². The van der Waals surface area contributed by atoms with Crippen LogP contribution in [0.3, 0.4) is 0 Å².